The maximum Gasteiger partial charge on any atom is 0.261 e. The molecule has 142 valence electrons. The highest BCUT2D eigenvalue weighted by Gasteiger charge is 2.34. The van der Waals surface area contributed by atoms with E-state index >= 15 is 0 Å². The standard InChI is InChI=1S/C18H26N4O4/c1-20-17(24)13-6-2-3-8-15(13)26-12-16(23)22-11-4-7-14(22)18(25)21-10-5-9-19/h2-3,6,8,14H,4-5,7,9-12,19H2,1H3,(H,20,24)(H,21,25)/t14-/m0/s1. The predicted molar refractivity (Wildman–Crippen MR) is 96.7 cm³/mol. The molecule has 1 aromatic carbocycles. The lowest BCUT2D eigenvalue weighted by Gasteiger charge is -2.24. The van der Waals surface area contributed by atoms with E-state index < -0.39 is 6.04 Å². The molecule has 0 unspecified atom stereocenters. The van der Waals surface area contributed by atoms with Gasteiger partial charge in [0.05, 0.1) is 5.56 Å². The van der Waals surface area contributed by atoms with Crippen LogP contribution in [0, 0.1) is 0 Å². The second-order valence-electron chi connectivity index (χ2n) is 6.04. The summed E-state index contributed by atoms with van der Waals surface area (Å²) in [4.78, 5) is 38.2. The summed E-state index contributed by atoms with van der Waals surface area (Å²) in [6.45, 7) is 1.31. The third-order valence-corrected chi connectivity index (χ3v) is 4.27. The molecule has 0 saturated carbocycles. The first-order valence-electron chi connectivity index (χ1n) is 8.79. The zero-order valence-corrected chi connectivity index (χ0v) is 15.0. The third-order valence-electron chi connectivity index (χ3n) is 4.27. The predicted octanol–water partition coefficient (Wildman–Crippen LogP) is -0.119. The molecule has 8 nitrogen and oxygen atoms in total. The second kappa shape index (κ2) is 9.76. The molecule has 1 atom stereocenters. The van der Waals surface area contributed by atoms with Crippen LogP contribution in [-0.4, -0.2) is 62.0 Å². The molecule has 4 N–H and O–H groups in total. The van der Waals surface area contributed by atoms with Gasteiger partial charge in [0.1, 0.15) is 11.8 Å². The third kappa shape index (κ3) is 4.95. The summed E-state index contributed by atoms with van der Waals surface area (Å²) in [6.07, 6.45) is 2.11. The summed E-state index contributed by atoms with van der Waals surface area (Å²) < 4.78 is 5.56. The van der Waals surface area contributed by atoms with E-state index in [9.17, 15) is 14.4 Å². The number of hydrogen-bond donors (Lipinski definition) is 3. The molecule has 3 amide bonds. The molecule has 0 aromatic heterocycles. The molecule has 0 bridgehead atoms. The van der Waals surface area contributed by atoms with Crippen molar-refractivity contribution in [2.75, 3.05) is 33.3 Å². The number of nitrogens with zero attached hydrogens (tertiary/aromatic N) is 1. The van der Waals surface area contributed by atoms with Gasteiger partial charge >= 0.3 is 0 Å². The summed E-state index contributed by atoms with van der Waals surface area (Å²) in [5.74, 6) is -0.377. The van der Waals surface area contributed by atoms with Crippen LogP contribution in [0.1, 0.15) is 29.6 Å². The summed E-state index contributed by atoms with van der Waals surface area (Å²) in [5, 5.41) is 5.34. The summed E-state index contributed by atoms with van der Waals surface area (Å²) in [6, 6.07) is 6.25. The topological polar surface area (TPSA) is 114 Å². The maximum absolute atomic E-state index is 12.5. The molecule has 8 heteroatoms. The minimum absolute atomic E-state index is 0.157. The Labute approximate surface area is 153 Å². The molecule has 26 heavy (non-hydrogen) atoms. The number of rotatable bonds is 8. The first-order valence-corrected chi connectivity index (χ1v) is 8.79. The number of amides is 3. The smallest absolute Gasteiger partial charge is 0.261 e. The zero-order chi connectivity index (χ0) is 18.9. The molecule has 0 radical (unpaired) electrons. The monoisotopic (exact) mass is 362 g/mol. The van der Waals surface area contributed by atoms with Crippen molar-refractivity contribution in [1.82, 2.24) is 15.5 Å². The van der Waals surface area contributed by atoms with Crippen molar-refractivity contribution < 1.29 is 19.1 Å². The Kier molecular flexibility index (Phi) is 7.40. The van der Waals surface area contributed by atoms with Crippen LogP contribution in [0.15, 0.2) is 24.3 Å². The van der Waals surface area contributed by atoms with Gasteiger partial charge < -0.3 is 26.0 Å². The van der Waals surface area contributed by atoms with E-state index in [0.717, 1.165) is 6.42 Å². The maximum atomic E-state index is 12.5. The SMILES string of the molecule is CNC(=O)c1ccccc1OCC(=O)N1CCC[C@H]1C(=O)NCCCN. The molecule has 2 rings (SSSR count). The molecule has 0 aliphatic carbocycles. The van der Waals surface area contributed by atoms with Crippen LogP contribution in [0.5, 0.6) is 5.75 Å². The molecule has 1 aromatic rings. The van der Waals surface area contributed by atoms with E-state index in [4.69, 9.17) is 10.5 Å². The summed E-state index contributed by atoms with van der Waals surface area (Å²) >= 11 is 0. The van der Waals surface area contributed by atoms with E-state index in [1.54, 1.807) is 29.2 Å². The van der Waals surface area contributed by atoms with Gasteiger partial charge in [-0.1, -0.05) is 12.1 Å². The zero-order valence-electron chi connectivity index (χ0n) is 15.0. The van der Waals surface area contributed by atoms with Crippen LogP contribution >= 0.6 is 0 Å². The molecule has 1 aliphatic heterocycles. The van der Waals surface area contributed by atoms with Crippen molar-refractivity contribution in [2.24, 2.45) is 5.73 Å². The van der Waals surface area contributed by atoms with E-state index in [2.05, 4.69) is 10.6 Å². The molecular formula is C18H26N4O4. The molecular weight excluding hydrogens is 336 g/mol. The van der Waals surface area contributed by atoms with Crippen LogP contribution < -0.4 is 21.1 Å². The van der Waals surface area contributed by atoms with Gasteiger partial charge in [0.2, 0.25) is 5.91 Å². The Balaban J connectivity index is 1.95. The van der Waals surface area contributed by atoms with Crippen molar-refractivity contribution in [2.45, 2.75) is 25.3 Å². The van der Waals surface area contributed by atoms with E-state index in [1.165, 1.54) is 7.05 Å². The highest BCUT2D eigenvalue weighted by Crippen LogP contribution is 2.20. The van der Waals surface area contributed by atoms with E-state index in [1.807, 2.05) is 0 Å². The number of likely N-dealkylation sites (tertiary alicyclic amines) is 1. The molecule has 0 spiro atoms. The largest absolute Gasteiger partial charge is 0.483 e. The fourth-order valence-electron chi connectivity index (χ4n) is 2.91. The van der Waals surface area contributed by atoms with Crippen molar-refractivity contribution in [3.8, 4) is 5.75 Å². The van der Waals surface area contributed by atoms with E-state index in [0.29, 0.717) is 43.8 Å². The Bertz CT molecular complexity index is 650. The van der Waals surface area contributed by atoms with Crippen molar-refractivity contribution in [3.05, 3.63) is 29.8 Å². The van der Waals surface area contributed by atoms with Crippen molar-refractivity contribution in [1.29, 1.82) is 0 Å². The minimum Gasteiger partial charge on any atom is -0.483 e. The highest BCUT2D eigenvalue weighted by atomic mass is 16.5. The fraction of sp³-hybridized carbons (Fsp3) is 0.500. The number of para-hydroxylation sites is 1. The van der Waals surface area contributed by atoms with Gasteiger partial charge in [-0.3, -0.25) is 14.4 Å². The number of hydrogen-bond acceptors (Lipinski definition) is 5. The van der Waals surface area contributed by atoms with Crippen molar-refractivity contribution >= 4 is 17.7 Å². The Morgan fingerprint density at radius 3 is 2.81 bits per heavy atom. The molecule has 1 fully saturated rings. The van der Waals surface area contributed by atoms with Gasteiger partial charge in [0.15, 0.2) is 6.61 Å². The average Bonchev–Trinajstić information content (AvgIpc) is 3.16. The fourth-order valence-corrected chi connectivity index (χ4v) is 2.91. The van der Waals surface area contributed by atoms with Crippen LogP contribution in [0.4, 0.5) is 0 Å². The Morgan fingerprint density at radius 1 is 1.31 bits per heavy atom. The normalized spacial score (nSPS) is 16.2. The highest BCUT2D eigenvalue weighted by molar-refractivity contribution is 5.96. The van der Waals surface area contributed by atoms with Crippen LogP contribution in [-0.2, 0) is 9.59 Å². The van der Waals surface area contributed by atoms with Gasteiger partial charge in [-0.15, -0.1) is 0 Å². The number of nitrogens with two attached hydrogens (primary N) is 1. The summed E-state index contributed by atoms with van der Waals surface area (Å²) in [5.41, 5.74) is 5.78. The van der Waals surface area contributed by atoms with Gasteiger partial charge in [-0.25, -0.2) is 0 Å². The molecule has 1 aliphatic rings. The molecule has 1 heterocycles. The lowest BCUT2D eigenvalue weighted by molar-refractivity contribution is -0.139. The van der Waals surface area contributed by atoms with Gasteiger partial charge in [0, 0.05) is 20.1 Å². The Morgan fingerprint density at radius 2 is 2.08 bits per heavy atom. The van der Waals surface area contributed by atoms with Gasteiger partial charge in [0.25, 0.3) is 11.8 Å². The number of nitrogens with one attached hydrogen (secondary N) is 2. The van der Waals surface area contributed by atoms with Gasteiger partial charge in [-0.2, -0.15) is 0 Å². The van der Waals surface area contributed by atoms with Crippen LogP contribution in [0.2, 0.25) is 0 Å². The number of ether oxygens (including phenoxy) is 1. The van der Waals surface area contributed by atoms with Gasteiger partial charge in [-0.05, 0) is 37.9 Å². The summed E-state index contributed by atoms with van der Waals surface area (Å²) in [7, 11) is 1.53. The second-order valence-corrected chi connectivity index (χ2v) is 6.04. The van der Waals surface area contributed by atoms with E-state index in [-0.39, 0.29) is 24.3 Å². The van der Waals surface area contributed by atoms with Crippen molar-refractivity contribution in [3.63, 3.8) is 0 Å². The quantitative estimate of drug-likeness (QED) is 0.558. The van der Waals surface area contributed by atoms with Crippen LogP contribution in [0.25, 0.3) is 0 Å². The lowest BCUT2D eigenvalue weighted by Crippen LogP contribution is -2.47. The molecule has 1 saturated heterocycles. The minimum atomic E-state index is -0.474. The average molecular weight is 362 g/mol. The number of carbonyl (C=O) groups is 3. The first-order chi connectivity index (χ1) is 12.6. The first kappa shape index (κ1) is 19.7. The Hall–Kier alpha value is -2.61. The number of benzene rings is 1. The van der Waals surface area contributed by atoms with Crippen LogP contribution in [0.3, 0.4) is 0 Å². The lowest BCUT2D eigenvalue weighted by atomic mass is 10.2. The number of carbonyl (C=O) groups excluding carboxylic acids is 3.